The number of amides is 1. The van der Waals surface area contributed by atoms with Crippen molar-refractivity contribution in [2.45, 2.75) is 52.0 Å². The standard InChI is InChI=1S/C25H31N5O2/c1-16-7-22(30(28-16)5-6-31)20-14-29-21(3-2-4-23(29)27-20)24(32)26-15-25-11-17-8-18(12-25)10-19(9-17)13-25/h2-4,7,14,17-19,31H,5-6,8-13,15H2,1H3,(H,26,32). The van der Waals surface area contributed by atoms with Gasteiger partial charge in [-0.25, -0.2) is 4.98 Å². The maximum Gasteiger partial charge on any atom is 0.268 e. The zero-order valence-corrected chi connectivity index (χ0v) is 18.6. The van der Waals surface area contributed by atoms with Gasteiger partial charge in [-0.1, -0.05) is 6.07 Å². The molecule has 1 amide bonds. The summed E-state index contributed by atoms with van der Waals surface area (Å²) >= 11 is 0. The average Bonchev–Trinajstić information content (AvgIpc) is 3.34. The second-order valence-electron chi connectivity index (χ2n) is 10.5. The van der Waals surface area contributed by atoms with Crippen LogP contribution in [0.5, 0.6) is 0 Å². The van der Waals surface area contributed by atoms with Crippen molar-refractivity contribution < 1.29 is 9.90 Å². The third kappa shape index (κ3) is 3.34. The van der Waals surface area contributed by atoms with Gasteiger partial charge in [0.2, 0.25) is 0 Å². The maximum absolute atomic E-state index is 13.3. The number of carbonyl (C=O) groups is 1. The molecule has 4 aliphatic rings. The molecular formula is C25H31N5O2. The quantitative estimate of drug-likeness (QED) is 0.624. The predicted molar refractivity (Wildman–Crippen MR) is 121 cm³/mol. The third-order valence-electron chi connectivity index (χ3n) is 7.99. The van der Waals surface area contributed by atoms with Gasteiger partial charge in [0.05, 0.1) is 24.5 Å². The molecule has 3 heterocycles. The first kappa shape index (κ1) is 20.0. The van der Waals surface area contributed by atoms with Crippen molar-refractivity contribution in [3.63, 3.8) is 0 Å². The highest BCUT2D eigenvalue weighted by Gasteiger charge is 2.50. The van der Waals surface area contributed by atoms with E-state index >= 15 is 0 Å². The van der Waals surface area contributed by atoms with Crippen LogP contribution in [-0.4, -0.2) is 43.3 Å². The molecule has 0 unspecified atom stereocenters. The fraction of sp³-hybridized carbons (Fsp3) is 0.560. The Balaban J connectivity index is 1.25. The van der Waals surface area contributed by atoms with E-state index in [2.05, 4.69) is 10.4 Å². The first-order valence-electron chi connectivity index (χ1n) is 11.9. The van der Waals surface area contributed by atoms with E-state index in [9.17, 15) is 9.90 Å². The van der Waals surface area contributed by atoms with Gasteiger partial charge in [-0.15, -0.1) is 0 Å². The molecule has 0 atom stereocenters. The number of aliphatic hydroxyl groups excluding tert-OH is 1. The summed E-state index contributed by atoms with van der Waals surface area (Å²) in [5.74, 6) is 2.61. The van der Waals surface area contributed by atoms with Crippen LogP contribution in [-0.2, 0) is 6.54 Å². The lowest BCUT2D eigenvalue weighted by Crippen LogP contribution is -2.51. The number of nitrogens with one attached hydrogen (secondary N) is 1. The van der Waals surface area contributed by atoms with E-state index < -0.39 is 0 Å². The molecule has 4 fully saturated rings. The minimum absolute atomic E-state index is 0.0134. The van der Waals surface area contributed by atoms with Crippen molar-refractivity contribution in [3.8, 4) is 11.4 Å². The number of nitrogens with zero attached hydrogens (tertiary/aromatic N) is 4. The van der Waals surface area contributed by atoms with E-state index in [1.54, 1.807) is 4.68 Å². The summed E-state index contributed by atoms with van der Waals surface area (Å²) in [4.78, 5) is 18.0. The molecule has 7 rings (SSSR count). The first-order chi connectivity index (χ1) is 15.5. The van der Waals surface area contributed by atoms with Gasteiger partial charge in [0.1, 0.15) is 17.0 Å². The molecule has 7 nitrogen and oxygen atoms in total. The van der Waals surface area contributed by atoms with E-state index in [0.29, 0.717) is 17.7 Å². The Hall–Kier alpha value is -2.67. The van der Waals surface area contributed by atoms with Crippen LogP contribution in [0.15, 0.2) is 30.5 Å². The number of hydrogen-bond acceptors (Lipinski definition) is 4. The van der Waals surface area contributed by atoms with Crippen molar-refractivity contribution in [2.75, 3.05) is 13.2 Å². The molecule has 168 valence electrons. The lowest BCUT2D eigenvalue weighted by Gasteiger charge is -2.56. The van der Waals surface area contributed by atoms with E-state index in [1.165, 1.54) is 38.5 Å². The van der Waals surface area contributed by atoms with Gasteiger partial charge in [0.15, 0.2) is 0 Å². The third-order valence-corrected chi connectivity index (χ3v) is 7.99. The summed E-state index contributed by atoms with van der Waals surface area (Å²) in [6, 6.07) is 7.63. The summed E-state index contributed by atoms with van der Waals surface area (Å²) in [5.41, 5.74) is 4.12. The molecule has 4 aliphatic carbocycles. The van der Waals surface area contributed by atoms with Gasteiger partial charge in [0.25, 0.3) is 5.91 Å². The van der Waals surface area contributed by atoms with Crippen molar-refractivity contribution in [1.29, 1.82) is 0 Å². The minimum Gasteiger partial charge on any atom is -0.394 e. The van der Waals surface area contributed by atoms with Crippen LogP contribution in [0.3, 0.4) is 0 Å². The number of imidazole rings is 1. The van der Waals surface area contributed by atoms with Crippen LogP contribution in [0.1, 0.15) is 54.7 Å². The Morgan fingerprint density at radius 3 is 2.59 bits per heavy atom. The molecule has 0 aromatic carbocycles. The fourth-order valence-corrected chi connectivity index (χ4v) is 7.20. The first-order valence-corrected chi connectivity index (χ1v) is 11.9. The van der Waals surface area contributed by atoms with Crippen LogP contribution in [0.4, 0.5) is 0 Å². The lowest BCUT2D eigenvalue weighted by molar-refractivity contribution is -0.0503. The number of aromatic nitrogens is 4. The number of pyridine rings is 1. The molecule has 3 aromatic rings. The van der Waals surface area contributed by atoms with Crippen molar-refractivity contribution in [2.24, 2.45) is 23.2 Å². The zero-order chi connectivity index (χ0) is 21.9. The van der Waals surface area contributed by atoms with Gasteiger partial charge >= 0.3 is 0 Å². The Kier molecular flexibility index (Phi) is 4.64. The molecular weight excluding hydrogens is 402 g/mol. The van der Waals surface area contributed by atoms with Crippen LogP contribution >= 0.6 is 0 Å². The van der Waals surface area contributed by atoms with Gasteiger partial charge in [0, 0.05) is 12.7 Å². The molecule has 0 aliphatic heterocycles. The number of aliphatic hydroxyl groups is 1. The Morgan fingerprint density at radius 1 is 1.19 bits per heavy atom. The van der Waals surface area contributed by atoms with Crippen LogP contribution in [0, 0.1) is 30.1 Å². The van der Waals surface area contributed by atoms with Crippen LogP contribution in [0.25, 0.3) is 17.0 Å². The summed E-state index contributed by atoms with van der Waals surface area (Å²) in [6.07, 6.45) is 10.00. The highest BCUT2D eigenvalue weighted by atomic mass is 16.3. The van der Waals surface area contributed by atoms with Crippen LogP contribution < -0.4 is 5.32 Å². The predicted octanol–water partition coefficient (Wildman–Crippen LogP) is 3.44. The molecule has 7 heteroatoms. The number of aryl methyl sites for hydroxylation is 1. The van der Waals surface area contributed by atoms with Gasteiger partial charge in [-0.3, -0.25) is 13.9 Å². The normalized spacial score (nSPS) is 28.5. The summed E-state index contributed by atoms with van der Waals surface area (Å²) < 4.78 is 3.64. The van der Waals surface area contributed by atoms with Crippen molar-refractivity contribution in [3.05, 3.63) is 41.9 Å². The number of rotatable bonds is 6. The SMILES string of the molecule is Cc1cc(-c2cn3c(C(=O)NCC45CC6CC(CC(C6)C4)C5)cccc3n2)n(CCO)n1. The topological polar surface area (TPSA) is 84.5 Å². The second-order valence-corrected chi connectivity index (χ2v) is 10.5. The fourth-order valence-electron chi connectivity index (χ4n) is 7.20. The summed E-state index contributed by atoms with van der Waals surface area (Å²) in [7, 11) is 0. The minimum atomic E-state index is -0.0321. The molecule has 2 N–H and O–H groups in total. The summed E-state index contributed by atoms with van der Waals surface area (Å²) in [6.45, 7) is 3.14. The van der Waals surface area contributed by atoms with Gasteiger partial charge in [-0.2, -0.15) is 5.10 Å². The van der Waals surface area contributed by atoms with Crippen molar-refractivity contribution in [1.82, 2.24) is 24.5 Å². The Bertz CT molecular complexity index is 1140. The van der Waals surface area contributed by atoms with Gasteiger partial charge < -0.3 is 10.4 Å². The second kappa shape index (κ2) is 7.44. The van der Waals surface area contributed by atoms with Gasteiger partial charge in [-0.05, 0) is 86.8 Å². The van der Waals surface area contributed by atoms with E-state index in [1.807, 2.05) is 41.8 Å². The summed E-state index contributed by atoms with van der Waals surface area (Å²) in [5, 5.41) is 17.1. The number of fused-ring (bicyclic) bond motifs is 1. The molecule has 4 bridgehead atoms. The van der Waals surface area contributed by atoms with Crippen LogP contribution in [0.2, 0.25) is 0 Å². The highest BCUT2D eigenvalue weighted by Crippen LogP contribution is 2.59. The molecule has 0 radical (unpaired) electrons. The molecule has 32 heavy (non-hydrogen) atoms. The molecule has 0 spiro atoms. The number of carbonyl (C=O) groups excluding carboxylic acids is 1. The monoisotopic (exact) mass is 433 g/mol. The number of hydrogen-bond donors (Lipinski definition) is 2. The average molecular weight is 434 g/mol. The zero-order valence-electron chi connectivity index (χ0n) is 18.6. The Labute approximate surface area is 187 Å². The lowest BCUT2D eigenvalue weighted by atomic mass is 9.49. The van der Waals surface area contributed by atoms with E-state index in [-0.39, 0.29) is 12.5 Å². The van der Waals surface area contributed by atoms with E-state index in [0.717, 1.165) is 47.0 Å². The molecule has 4 saturated carbocycles. The molecule has 3 aromatic heterocycles. The van der Waals surface area contributed by atoms with E-state index in [4.69, 9.17) is 4.98 Å². The largest absolute Gasteiger partial charge is 0.394 e. The Morgan fingerprint density at radius 2 is 1.91 bits per heavy atom. The highest BCUT2D eigenvalue weighted by molar-refractivity contribution is 5.93. The smallest absolute Gasteiger partial charge is 0.268 e. The maximum atomic E-state index is 13.3. The van der Waals surface area contributed by atoms with Crippen molar-refractivity contribution >= 4 is 11.6 Å². The molecule has 0 saturated heterocycles.